The van der Waals surface area contributed by atoms with Gasteiger partial charge in [0.05, 0.1) is 0 Å². The Labute approximate surface area is 76.3 Å². The highest BCUT2D eigenvalue weighted by Gasteiger charge is 2.23. The van der Waals surface area contributed by atoms with Crippen molar-refractivity contribution in [3.05, 3.63) is 0 Å². The molecule has 0 heterocycles. The lowest BCUT2D eigenvalue weighted by Gasteiger charge is -2.13. The average molecular weight is 277 g/mol. The van der Waals surface area contributed by atoms with Crippen LogP contribution in [0.3, 0.4) is 0 Å². The summed E-state index contributed by atoms with van der Waals surface area (Å²) >= 11 is 8.74. The van der Waals surface area contributed by atoms with Crippen LogP contribution in [0, 0.1) is 0 Å². The maximum atomic E-state index is 6.26. The second-order valence-electron chi connectivity index (χ2n) is 2.36. The molecule has 0 rings (SSSR count). The fraction of sp³-hybridized carbons (Fsp3) is 1.00. The molecule has 0 aliphatic rings. The molecule has 0 unspecified atom stereocenters. The van der Waals surface area contributed by atoms with E-state index < -0.39 is 4.88 Å². The zero-order valence-corrected chi connectivity index (χ0v) is 10.00. The molecule has 0 aromatic rings. The highest BCUT2D eigenvalue weighted by molar-refractivity contribution is 14.1. The molecule has 3 heteroatoms. The molecule has 9 heavy (non-hydrogen) atoms. The highest BCUT2D eigenvalue weighted by Crippen LogP contribution is 2.30. The molecule has 0 radical (unpaired) electrons. The highest BCUT2D eigenvalue weighted by atomic mass is 127. The van der Waals surface area contributed by atoms with Crippen LogP contribution in [0.5, 0.6) is 0 Å². The van der Waals surface area contributed by atoms with Crippen LogP contribution in [0.1, 0.15) is 26.7 Å². The molecule has 0 fully saturated rings. The van der Waals surface area contributed by atoms with Crippen LogP contribution in [-0.4, -0.2) is 4.88 Å². The van der Waals surface area contributed by atoms with E-state index in [4.69, 9.17) is 11.1 Å². The van der Waals surface area contributed by atoms with Crippen molar-refractivity contribution in [1.82, 2.24) is 0 Å². The molecule has 0 nitrogen and oxygen atoms in total. The predicted molar refractivity (Wildman–Crippen MR) is 55.8 cm³/mol. The molecule has 56 valence electrons. The van der Waals surface area contributed by atoms with Gasteiger partial charge >= 0.3 is 0 Å². The summed E-state index contributed by atoms with van der Waals surface area (Å²) in [6.45, 7) is 4.41. The molecule has 0 bridgehead atoms. The summed E-state index contributed by atoms with van der Waals surface area (Å²) in [5.41, 5.74) is 0. The number of hydrogen-bond acceptors (Lipinski definition) is 0. The third-order valence-electron chi connectivity index (χ3n) is 1.23. The fourth-order valence-electron chi connectivity index (χ4n) is 0.857. The van der Waals surface area contributed by atoms with Crippen LogP contribution in [0.4, 0.5) is 0 Å². The lowest BCUT2D eigenvalue weighted by molar-refractivity contribution is 1.02. The predicted octanol–water partition coefficient (Wildman–Crippen LogP) is 3.92. The maximum absolute atomic E-state index is 6.26. The van der Waals surface area contributed by atoms with Gasteiger partial charge in [0.1, 0.15) is 0 Å². The van der Waals surface area contributed by atoms with Gasteiger partial charge in [-0.2, -0.15) is 11.1 Å². The van der Waals surface area contributed by atoms with E-state index in [1.807, 2.05) is 0 Å². The summed E-state index contributed by atoms with van der Waals surface area (Å²) in [6, 6.07) is 2.53. The largest absolute Gasteiger partial charge is 0.221 e. The van der Waals surface area contributed by atoms with Crippen LogP contribution >= 0.6 is 32.9 Å². The first-order valence-electron chi connectivity index (χ1n) is 3.50. The minimum absolute atomic E-state index is 1.25. The summed E-state index contributed by atoms with van der Waals surface area (Å²) in [5.74, 6) is 0. The van der Waals surface area contributed by atoms with Gasteiger partial charge in [-0.05, 0) is 12.1 Å². The van der Waals surface area contributed by atoms with Gasteiger partial charge in [-0.25, -0.2) is 0 Å². The summed E-state index contributed by atoms with van der Waals surface area (Å²) < 4.78 is 0. The van der Waals surface area contributed by atoms with Crippen molar-refractivity contribution >= 4 is 37.8 Å². The normalized spacial score (nSPS) is 12.0. The Morgan fingerprint density at radius 1 is 1.22 bits per heavy atom. The first-order valence-corrected chi connectivity index (χ1v) is 10.0. The third-order valence-corrected chi connectivity index (χ3v) is 8.06. The molecular weight excluding hydrogens is 263 g/mol. The lowest BCUT2D eigenvalue weighted by atomic mass is 10.6. The van der Waals surface area contributed by atoms with Gasteiger partial charge in [-0.3, -0.25) is 0 Å². The first kappa shape index (κ1) is 10.2. The Kier molecular flexibility index (Phi) is 5.65. The Hall–Kier alpha value is 1.24. The molecule has 0 amide bonds. The zero-order chi connectivity index (χ0) is 7.33. The molecule has 0 aromatic heterocycles. The Morgan fingerprint density at radius 3 is 1.78 bits per heavy atom. The molecule has 0 atom stereocenters. The summed E-state index contributed by atoms with van der Waals surface area (Å²) in [4.78, 5) is -1.26. The standard InChI is InChI=1S/C6H14ClISi/c1-3-5-9(7,8)6-4-2/h3-6H2,1-2H3. The number of halogens is 2. The van der Waals surface area contributed by atoms with E-state index in [0.29, 0.717) is 0 Å². The fourth-order valence-corrected chi connectivity index (χ4v) is 6.94. The van der Waals surface area contributed by atoms with E-state index in [0.717, 1.165) is 0 Å². The topological polar surface area (TPSA) is 0 Å². The maximum Gasteiger partial charge on any atom is 0.221 e. The molecule has 0 saturated carbocycles. The Bertz CT molecular complexity index is 67.5. The minimum atomic E-state index is -1.26. The van der Waals surface area contributed by atoms with Crippen LogP contribution in [0.15, 0.2) is 0 Å². The van der Waals surface area contributed by atoms with Crippen molar-refractivity contribution in [3.63, 3.8) is 0 Å². The smallest absolute Gasteiger partial charge is 0.153 e. The van der Waals surface area contributed by atoms with Gasteiger partial charge in [0, 0.05) is 0 Å². The van der Waals surface area contributed by atoms with Gasteiger partial charge in [-0.1, -0.05) is 48.5 Å². The number of hydrogen-bond donors (Lipinski definition) is 0. The van der Waals surface area contributed by atoms with E-state index in [2.05, 4.69) is 35.6 Å². The van der Waals surface area contributed by atoms with Gasteiger partial charge in [0.25, 0.3) is 0 Å². The monoisotopic (exact) mass is 276 g/mol. The molecule has 0 spiro atoms. The van der Waals surface area contributed by atoms with Gasteiger partial charge in [0.2, 0.25) is 4.88 Å². The minimum Gasteiger partial charge on any atom is -0.153 e. The van der Waals surface area contributed by atoms with Crippen LogP contribution < -0.4 is 0 Å². The molecule has 0 aliphatic carbocycles. The molecule has 0 N–H and O–H groups in total. The van der Waals surface area contributed by atoms with Crippen molar-refractivity contribution in [1.29, 1.82) is 0 Å². The van der Waals surface area contributed by atoms with E-state index in [9.17, 15) is 0 Å². The zero-order valence-electron chi connectivity index (χ0n) is 6.08. The second kappa shape index (κ2) is 4.96. The summed E-state index contributed by atoms with van der Waals surface area (Å²) in [7, 11) is 0. The van der Waals surface area contributed by atoms with Crippen LogP contribution in [-0.2, 0) is 0 Å². The van der Waals surface area contributed by atoms with Crippen molar-refractivity contribution in [2.75, 3.05) is 0 Å². The van der Waals surface area contributed by atoms with E-state index in [-0.39, 0.29) is 0 Å². The van der Waals surface area contributed by atoms with Crippen molar-refractivity contribution in [2.24, 2.45) is 0 Å². The lowest BCUT2D eigenvalue weighted by Crippen LogP contribution is -2.15. The van der Waals surface area contributed by atoms with Gasteiger partial charge in [-0.15, -0.1) is 0 Å². The Balaban J connectivity index is 3.43. The van der Waals surface area contributed by atoms with Gasteiger partial charge < -0.3 is 0 Å². The Morgan fingerprint density at radius 2 is 1.56 bits per heavy atom. The summed E-state index contributed by atoms with van der Waals surface area (Å²) in [5, 5.41) is 0. The molecule has 0 aromatic carbocycles. The summed E-state index contributed by atoms with van der Waals surface area (Å²) in [6.07, 6.45) is 2.50. The van der Waals surface area contributed by atoms with Crippen molar-refractivity contribution in [2.45, 2.75) is 38.8 Å². The second-order valence-corrected chi connectivity index (χ2v) is 15.3. The quantitative estimate of drug-likeness (QED) is 0.415. The van der Waals surface area contributed by atoms with Gasteiger partial charge in [0.15, 0.2) is 0 Å². The molecule has 0 aliphatic heterocycles. The first-order chi connectivity index (χ1) is 4.12. The van der Waals surface area contributed by atoms with Crippen LogP contribution in [0.25, 0.3) is 0 Å². The SMILES string of the molecule is CCC[Si](Cl)(I)CCC. The van der Waals surface area contributed by atoms with E-state index >= 15 is 0 Å². The van der Waals surface area contributed by atoms with Crippen LogP contribution in [0.2, 0.25) is 12.1 Å². The van der Waals surface area contributed by atoms with Crippen molar-refractivity contribution < 1.29 is 0 Å². The molecule has 0 saturated heterocycles. The molecular formula is C6H14ClISi. The van der Waals surface area contributed by atoms with E-state index in [1.165, 1.54) is 24.9 Å². The van der Waals surface area contributed by atoms with Crippen molar-refractivity contribution in [3.8, 4) is 0 Å². The number of rotatable bonds is 4. The van der Waals surface area contributed by atoms with E-state index in [1.54, 1.807) is 0 Å². The third kappa shape index (κ3) is 5.67. The average Bonchev–Trinajstić information content (AvgIpc) is 1.64.